The molecule has 0 saturated carbocycles. The molecule has 0 unspecified atom stereocenters. The van der Waals surface area contributed by atoms with E-state index in [0.29, 0.717) is 17.2 Å². The third-order valence-corrected chi connectivity index (χ3v) is 3.67. The number of thiazole rings is 2. The Kier molecular flexibility index (Phi) is 2.26. The molecule has 0 aliphatic heterocycles. The first-order valence-corrected chi connectivity index (χ1v) is 6.27. The molecule has 3 heterocycles. The summed E-state index contributed by atoms with van der Waals surface area (Å²) >= 11 is 2.98. The smallest absolute Gasteiger partial charge is 0.189 e. The van der Waals surface area contributed by atoms with Crippen LogP contribution in [0.5, 0.6) is 0 Å². The molecule has 80 valence electrons. The number of nitrogens with two attached hydrogens (primary N) is 1. The third kappa shape index (κ3) is 1.74. The van der Waals surface area contributed by atoms with Crippen LogP contribution in [0.1, 0.15) is 10.7 Å². The number of nitrogens with zero attached hydrogens (tertiary/aromatic N) is 4. The van der Waals surface area contributed by atoms with Gasteiger partial charge in [-0.05, 0) is 0 Å². The number of aromatic nitrogens is 4. The van der Waals surface area contributed by atoms with Gasteiger partial charge in [0.25, 0.3) is 0 Å². The maximum atomic E-state index is 5.57. The summed E-state index contributed by atoms with van der Waals surface area (Å²) in [4.78, 5) is 17.8. The lowest BCUT2D eigenvalue weighted by atomic mass is 10.3. The maximum absolute atomic E-state index is 5.57. The van der Waals surface area contributed by atoms with Crippen molar-refractivity contribution in [3.8, 4) is 0 Å². The Balaban J connectivity index is 1.95. The second-order valence-corrected chi connectivity index (χ2v) is 5.10. The van der Waals surface area contributed by atoms with Crippen LogP contribution < -0.4 is 5.73 Å². The van der Waals surface area contributed by atoms with Crippen molar-refractivity contribution in [1.82, 2.24) is 19.9 Å². The highest BCUT2D eigenvalue weighted by Crippen LogP contribution is 2.21. The Bertz CT molecular complexity index is 596. The van der Waals surface area contributed by atoms with Crippen LogP contribution in [-0.4, -0.2) is 19.9 Å². The number of hydrogen-bond acceptors (Lipinski definition) is 7. The van der Waals surface area contributed by atoms with E-state index in [-0.39, 0.29) is 0 Å². The van der Waals surface area contributed by atoms with Crippen LogP contribution in [0.25, 0.3) is 10.5 Å². The Morgan fingerprint density at radius 1 is 1.19 bits per heavy atom. The minimum Gasteiger partial charge on any atom is -0.375 e. The number of hydrogen-bond donors (Lipinski definition) is 1. The highest BCUT2D eigenvalue weighted by molar-refractivity contribution is 7.18. The zero-order chi connectivity index (χ0) is 11.0. The fraction of sp³-hybridized carbons (Fsp3) is 0.111. The standard InChI is InChI=1S/C9H7N5S2/c10-9-13-5(4-15-9)3-6-14-7-8(16-6)12-2-1-11-7/h1-2,4H,3H2,(H2,10,13). The monoisotopic (exact) mass is 249 g/mol. The van der Waals surface area contributed by atoms with Gasteiger partial charge in [-0.1, -0.05) is 11.3 Å². The van der Waals surface area contributed by atoms with Gasteiger partial charge in [0.15, 0.2) is 15.6 Å². The second-order valence-electron chi connectivity index (χ2n) is 3.15. The molecular formula is C9H7N5S2. The van der Waals surface area contributed by atoms with E-state index in [0.717, 1.165) is 15.5 Å². The average molecular weight is 249 g/mol. The SMILES string of the molecule is Nc1nc(Cc2nc3nccnc3s2)cs1. The molecule has 2 N–H and O–H groups in total. The summed E-state index contributed by atoms with van der Waals surface area (Å²) in [6.07, 6.45) is 4.01. The molecule has 3 aromatic rings. The summed E-state index contributed by atoms with van der Waals surface area (Å²) in [6, 6.07) is 0. The van der Waals surface area contributed by atoms with E-state index in [9.17, 15) is 0 Å². The van der Waals surface area contributed by atoms with Gasteiger partial charge >= 0.3 is 0 Å². The van der Waals surface area contributed by atoms with E-state index in [1.54, 1.807) is 23.7 Å². The predicted molar refractivity (Wildman–Crippen MR) is 64.5 cm³/mol. The van der Waals surface area contributed by atoms with Crippen LogP contribution in [0.4, 0.5) is 5.13 Å². The lowest BCUT2D eigenvalue weighted by Crippen LogP contribution is -1.89. The van der Waals surface area contributed by atoms with Crippen LogP contribution in [0.2, 0.25) is 0 Å². The molecule has 0 aliphatic rings. The van der Waals surface area contributed by atoms with Crippen LogP contribution in [0, 0.1) is 0 Å². The van der Waals surface area contributed by atoms with E-state index in [4.69, 9.17) is 5.73 Å². The lowest BCUT2D eigenvalue weighted by Gasteiger charge is -1.88. The Morgan fingerprint density at radius 2 is 2.06 bits per heavy atom. The summed E-state index contributed by atoms with van der Waals surface area (Å²) in [7, 11) is 0. The average Bonchev–Trinajstić information content (AvgIpc) is 2.84. The van der Waals surface area contributed by atoms with Crippen LogP contribution in [0.3, 0.4) is 0 Å². The minimum atomic E-state index is 0.590. The molecule has 0 atom stereocenters. The summed E-state index contributed by atoms with van der Waals surface area (Å²) in [6.45, 7) is 0. The third-order valence-electron chi connectivity index (χ3n) is 1.99. The molecule has 0 radical (unpaired) electrons. The van der Waals surface area contributed by atoms with Gasteiger partial charge in [0, 0.05) is 24.2 Å². The molecular weight excluding hydrogens is 242 g/mol. The van der Waals surface area contributed by atoms with Crippen molar-refractivity contribution in [3.05, 3.63) is 28.5 Å². The number of rotatable bonds is 2. The van der Waals surface area contributed by atoms with Gasteiger partial charge in [-0.3, -0.25) is 0 Å². The van der Waals surface area contributed by atoms with Crippen molar-refractivity contribution in [2.75, 3.05) is 5.73 Å². The molecule has 0 aliphatic carbocycles. The zero-order valence-corrected chi connectivity index (χ0v) is 9.75. The Morgan fingerprint density at radius 3 is 2.81 bits per heavy atom. The molecule has 5 nitrogen and oxygen atoms in total. The molecule has 0 saturated heterocycles. The van der Waals surface area contributed by atoms with Gasteiger partial charge in [-0.15, -0.1) is 11.3 Å². The van der Waals surface area contributed by atoms with E-state index >= 15 is 0 Å². The number of fused-ring (bicyclic) bond motifs is 1. The van der Waals surface area contributed by atoms with Crippen LogP contribution in [-0.2, 0) is 6.42 Å². The van der Waals surface area contributed by atoms with Crippen molar-refractivity contribution >= 4 is 38.3 Å². The highest BCUT2D eigenvalue weighted by atomic mass is 32.1. The molecule has 3 aromatic heterocycles. The number of anilines is 1. The maximum Gasteiger partial charge on any atom is 0.189 e. The molecule has 0 fully saturated rings. The van der Waals surface area contributed by atoms with Crippen LogP contribution >= 0.6 is 22.7 Å². The van der Waals surface area contributed by atoms with E-state index in [1.807, 2.05) is 5.38 Å². The van der Waals surface area contributed by atoms with Gasteiger partial charge in [0.1, 0.15) is 5.01 Å². The predicted octanol–water partition coefficient (Wildman–Crippen LogP) is 1.72. The molecule has 0 aromatic carbocycles. The van der Waals surface area contributed by atoms with Crippen molar-refractivity contribution in [2.24, 2.45) is 0 Å². The van der Waals surface area contributed by atoms with E-state index in [1.165, 1.54) is 11.3 Å². The normalized spacial score (nSPS) is 11.0. The van der Waals surface area contributed by atoms with Crippen LogP contribution in [0.15, 0.2) is 17.8 Å². The molecule has 0 amide bonds. The van der Waals surface area contributed by atoms with Crippen molar-refractivity contribution in [3.63, 3.8) is 0 Å². The lowest BCUT2D eigenvalue weighted by molar-refractivity contribution is 1.08. The van der Waals surface area contributed by atoms with E-state index in [2.05, 4.69) is 19.9 Å². The van der Waals surface area contributed by atoms with Gasteiger partial charge in [0.2, 0.25) is 0 Å². The molecule has 0 bridgehead atoms. The first kappa shape index (κ1) is 9.61. The molecule has 7 heteroatoms. The van der Waals surface area contributed by atoms with Gasteiger partial charge in [-0.25, -0.2) is 19.9 Å². The highest BCUT2D eigenvalue weighted by Gasteiger charge is 2.07. The van der Waals surface area contributed by atoms with Crippen molar-refractivity contribution in [2.45, 2.75) is 6.42 Å². The topological polar surface area (TPSA) is 77.6 Å². The summed E-state index contributed by atoms with van der Waals surface area (Å²) in [5.41, 5.74) is 7.22. The first-order chi connectivity index (χ1) is 7.81. The largest absolute Gasteiger partial charge is 0.375 e. The summed E-state index contributed by atoms with van der Waals surface area (Å²) < 4.78 is 0. The Labute approximate surface area is 99.0 Å². The quantitative estimate of drug-likeness (QED) is 0.748. The van der Waals surface area contributed by atoms with Gasteiger partial charge < -0.3 is 5.73 Å². The van der Waals surface area contributed by atoms with Crippen molar-refractivity contribution in [1.29, 1.82) is 0 Å². The summed E-state index contributed by atoms with van der Waals surface area (Å²) in [5.74, 6) is 0. The number of nitrogen functional groups attached to an aromatic ring is 1. The van der Waals surface area contributed by atoms with Gasteiger partial charge in [-0.2, -0.15) is 0 Å². The Hall–Kier alpha value is -1.60. The molecule has 3 rings (SSSR count). The van der Waals surface area contributed by atoms with E-state index < -0.39 is 0 Å². The fourth-order valence-electron chi connectivity index (χ4n) is 1.35. The second kappa shape index (κ2) is 3.76. The zero-order valence-electron chi connectivity index (χ0n) is 8.12. The van der Waals surface area contributed by atoms with Gasteiger partial charge in [0.05, 0.1) is 5.69 Å². The molecule has 16 heavy (non-hydrogen) atoms. The fourth-order valence-corrected chi connectivity index (χ4v) is 2.79. The van der Waals surface area contributed by atoms with Crippen molar-refractivity contribution < 1.29 is 0 Å². The molecule has 0 spiro atoms. The summed E-state index contributed by atoms with van der Waals surface area (Å²) in [5, 5.41) is 3.50. The minimum absolute atomic E-state index is 0.590. The first-order valence-electron chi connectivity index (χ1n) is 4.57.